The Morgan fingerprint density at radius 2 is 1.72 bits per heavy atom. The molecule has 1 heterocycles. The third-order valence-electron chi connectivity index (χ3n) is 3.95. The maximum Gasteiger partial charge on any atom is 0.0109 e. The summed E-state index contributed by atoms with van der Waals surface area (Å²) in [6.45, 7) is 9.75. The van der Waals surface area contributed by atoms with Crippen LogP contribution >= 0.6 is 0 Å². The molecule has 0 saturated carbocycles. The van der Waals surface area contributed by atoms with E-state index in [4.69, 9.17) is 0 Å². The summed E-state index contributed by atoms with van der Waals surface area (Å²) >= 11 is 0. The maximum absolute atomic E-state index is 3.45. The van der Waals surface area contributed by atoms with Gasteiger partial charge in [0.05, 0.1) is 0 Å². The van der Waals surface area contributed by atoms with Crippen molar-refractivity contribution in [3.05, 3.63) is 0 Å². The fourth-order valence-electron chi connectivity index (χ4n) is 2.77. The van der Waals surface area contributed by atoms with Crippen LogP contribution in [-0.4, -0.2) is 63.2 Å². The van der Waals surface area contributed by atoms with Gasteiger partial charge >= 0.3 is 0 Å². The zero-order valence-corrected chi connectivity index (χ0v) is 12.7. The summed E-state index contributed by atoms with van der Waals surface area (Å²) in [5.74, 6) is 0.989. The summed E-state index contributed by atoms with van der Waals surface area (Å²) < 4.78 is 0. The highest BCUT2D eigenvalue weighted by Crippen LogP contribution is 2.17. The normalized spacial score (nSPS) is 17.8. The molecule has 1 saturated heterocycles. The van der Waals surface area contributed by atoms with Gasteiger partial charge in [-0.2, -0.15) is 0 Å². The highest BCUT2D eigenvalue weighted by molar-refractivity contribution is 4.69. The molecule has 1 aliphatic heterocycles. The summed E-state index contributed by atoms with van der Waals surface area (Å²) in [6, 6.07) is 0. The molecule has 0 radical (unpaired) electrons. The molecular weight excluding hydrogens is 222 g/mol. The van der Waals surface area contributed by atoms with E-state index in [1.54, 1.807) is 0 Å². The lowest BCUT2D eigenvalue weighted by Gasteiger charge is -2.26. The van der Waals surface area contributed by atoms with Crippen molar-refractivity contribution in [2.45, 2.75) is 39.0 Å². The van der Waals surface area contributed by atoms with Gasteiger partial charge in [0, 0.05) is 13.1 Å². The number of nitrogens with zero attached hydrogens (tertiary/aromatic N) is 2. The highest BCUT2D eigenvalue weighted by atomic mass is 15.2. The van der Waals surface area contributed by atoms with Crippen LogP contribution in [0.3, 0.4) is 0 Å². The number of likely N-dealkylation sites (N-methyl/N-ethyl adjacent to an activating group) is 1. The van der Waals surface area contributed by atoms with Crippen LogP contribution in [0, 0.1) is 5.92 Å². The third-order valence-corrected chi connectivity index (χ3v) is 3.95. The molecule has 108 valence electrons. The first-order chi connectivity index (χ1) is 8.72. The fourth-order valence-corrected chi connectivity index (χ4v) is 2.77. The quantitative estimate of drug-likeness (QED) is 0.680. The smallest absolute Gasteiger partial charge is 0.0109 e. The lowest BCUT2D eigenvalue weighted by atomic mass is 9.93. The molecule has 1 fully saturated rings. The second kappa shape index (κ2) is 9.76. The molecule has 18 heavy (non-hydrogen) atoms. The topological polar surface area (TPSA) is 18.5 Å². The SMILES string of the molecule is CCCN(CCCC1CCNCC1)CCN(C)C. The Hall–Kier alpha value is -0.120. The van der Waals surface area contributed by atoms with Crippen molar-refractivity contribution >= 4 is 0 Å². The second-order valence-corrected chi connectivity index (χ2v) is 5.98. The van der Waals surface area contributed by atoms with E-state index in [1.165, 1.54) is 71.4 Å². The van der Waals surface area contributed by atoms with Crippen LogP contribution in [0.25, 0.3) is 0 Å². The average molecular weight is 255 g/mol. The van der Waals surface area contributed by atoms with Gasteiger partial charge in [0.25, 0.3) is 0 Å². The Bertz CT molecular complexity index is 188. The van der Waals surface area contributed by atoms with Crippen molar-refractivity contribution in [1.29, 1.82) is 0 Å². The van der Waals surface area contributed by atoms with Crippen LogP contribution < -0.4 is 5.32 Å². The lowest BCUT2D eigenvalue weighted by molar-refractivity contribution is 0.227. The molecular formula is C15H33N3. The summed E-state index contributed by atoms with van der Waals surface area (Å²) in [7, 11) is 4.33. The minimum absolute atomic E-state index is 0.989. The number of nitrogens with one attached hydrogen (secondary N) is 1. The second-order valence-electron chi connectivity index (χ2n) is 5.98. The molecule has 0 aromatic heterocycles. The van der Waals surface area contributed by atoms with Gasteiger partial charge in [-0.05, 0) is 78.3 Å². The number of piperidine rings is 1. The Balaban J connectivity index is 2.11. The Morgan fingerprint density at radius 1 is 1.00 bits per heavy atom. The minimum atomic E-state index is 0.989. The Morgan fingerprint density at radius 3 is 2.33 bits per heavy atom. The highest BCUT2D eigenvalue weighted by Gasteiger charge is 2.13. The number of hydrogen-bond acceptors (Lipinski definition) is 3. The van der Waals surface area contributed by atoms with E-state index in [2.05, 4.69) is 36.1 Å². The molecule has 0 atom stereocenters. The Kier molecular flexibility index (Phi) is 8.64. The van der Waals surface area contributed by atoms with Crippen molar-refractivity contribution in [3.63, 3.8) is 0 Å². The van der Waals surface area contributed by atoms with Crippen molar-refractivity contribution in [2.24, 2.45) is 5.92 Å². The zero-order chi connectivity index (χ0) is 13.2. The van der Waals surface area contributed by atoms with Crippen molar-refractivity contribution in [3.8, 4) is 0 Å². The Labute approximate surface area is 114 Å². The van der Waals surface area contributed by atoms with Gasteiger partial charge in [0.1, 0.15) is 0 Å². The van der Waals surface area contributed by atoms with Gasteiger partial charge in [0.15, 0.2) is 0 Å². The first-order valence-electron chi connectivity index (χ1n) is 7.80. The van der Waals surface area contributed by atoms with E-state index in [-0.39, 0.29) is 0 Å². The minimum Gasteiger partial charge on any atom is -0.317 e. The first-order valence-corrected chi connectivity index (χ1v) is 7.80. The van der Waals surface area contributed by atoms with Crippen molar-refractivity contribution < 1.29 is 0 Å². The van der Waals surface area contributed by atoms with Gasteiger partial charge in [-0.15, -0.1) is 0 Å². The average Bonchev–Trinajstić information content (AvgIpc) is 2.37. The van der Waals surface area contributed by atoms with Crippen LogP contribution in [0.5, 0.6) is 0 Å². The van der Waals surface area contributed by atoms with Crippen LogP contribution in [0.2, 0.25) is 0 Å². The van der Waals surface area contributed by atoms with Crippen molar-refractivity contribution in [1.82, 2.24) is 15.1 Å². The third kappa shape index (κ3) is 7.34. The van der Waals surface area contributed by atoms with E-state index < -0.39 is 0 Å². The van der Waals surface area contributed by atoms with Crippen LogP contribution in [0.15, 0.2) is 0 Å². The van der Waals surface area contributed by atoms with Crippen LogP contribution in [0.4, 0.5) is 0 Å². The molecule has 0 aliphatic carbocycles. The molecule has 0 aromatic carbocycles. The summed E-state index contributed by atoms with van der Waals surface area (Å²) in [5, 5.41) is 3.45. The summed E-state index contributed by atoms with van der Waals surface area (Å²) in [5.41, 5.74) is 0. The summed E-state index contributed by atoms with van der Waals surface area (Å²) in [6.07, 6.45) is 6.89. The first kappa shape index (κ1) is 15.9. The molecule has 3 heteroatoms. The molecule has 3 nitrogen and oxygen atoms in total. The molecule has 0 spiro atoms. The van der Waals surface area contributed by atoms with Gasteiger partial charge in [-0.1, -0.05) is 6.92 Å². The molecule has 0 unspecified atom stereocenters. The maximum atomic E-state index is 3.45. The van der Waals surface area contributed by atoms with Gasteiger partial charge in [0.2, 0.25) is 0 Å². The largest absolute Gasteiger partial charge is 0.317 e. The zero-order valence-electron chi connectivity index (χ0n) is 12.7. The van der Waals surface area contributed by atoms with E-state index >= 15 is 0 Å². The predicted octanol–water partition coefficient (Wildman–Crippen LogP) is 2.04. The van der Waals surface area contributed by atoms with Crippen molar-refractivity contribution in [2.75, 3.05) is 53.4 Å². The monoisotopic (exact) mass is 255 g/mol. The predicted molar refractivity (Wildman–Crippen MR) is 80.1 cm³/mol. The number of rotatable bonds is 9. The van der Waals surface area contributed by atoms with Gasteiger partial charge < -0.3 is 15.1 Å². The fraction of sp³-hybridized carbons (Fsp3) is 1.00. The molecule has 0 amide bonds. The standard InChI is InChI=1S/C15H33N3/c1-4-11-18(14-13-17(2)3)12-5-6-15-7-9-16-10-8-15/h15-16H,4-14H2,1-3H3. The van der Waals surface area contributed by atoms with Crippen LogP contribution in [-0.2, 0) is 0 Å². The molecule has 0 bridgehead atoms. The van der Waals surface area contributed by atoms with Gasteiger partial charge in [-0.25, -0.2) is 0 Å². The van der Waals surface area contributed by atoms with E-state index in [0.717, 1.165) is 5.92 Å². The van der Waals surface area contributed by atoms with Gasteiger partial charge in [-0.3, -0.25) is 0 Å². The molecule has 0 aromatic rings. The lowest BCUT2D eigenvalue weighted by Crippen LogP contribution is -2.33. The van der Waals surface area contributed by atoms with E-state index in [1.807, 2.05) is 0 Å². The molecule has 1 N–H and O–H groups in total. The van der Waals surface area contributed by atoms with E-state index in [0.29, 0.717) is 0 Å². The van der Waals surface area contributed by atoms with Crippen LogP contribution in [0.1, 0.15) is 39.0 Å². The summed E-state index contributed by atoms with van der Waals surface area (Å²) in [4.78, 5) is 4.93. The molecule has 1 rings (SSSR count). The number of hydrogen-bond donors (Lipinski definition) is 1. The molecule has 1 aliphatic rings. The van der Waals surface area contributed by atoms with E-state index in [9.17, 15) is 0 Å².